The van der Waals surface area contributed by atoms with Crippen molar-refractivity contribution in [3.63, 3.8) is 0 Å². The lowest BCUT2D eigenvalue weighted by atomic mass is 9.49. The predicted molar refractivity (Wildman–Crippen MR) is 158 cm³/mol. The second kappa shape index (κ2) is 10.6. The Morgan fingerprint density at radius 2 is 1.93 bits per heavy atom. The Morgan fingerprint density at radius 3 is 2.68 bits per heavy atom. The molecule has 1 saturated heterocycles. The molecule has 2 saturated carbocycles. The lowest BCUT2D eigenvalue weighted by molar-refractivity contribution is -0.327. The molecule has 7 rings (SSSR count). The molecule has 1 N–H and O–H groups in total. The van der Waals surface area contributed by atoms with Crippen molar-refractivity contribution in [3.05, 3.63) is 47.2 Å². The van der Waals surface area contributed by atoms with E-state index in [9.17, 15) is 4.48 Å². The molecule has 5 aliphatic rings. The molecule has 7 nitrogen and oxygen atoms in total. The highest BCUT2D eigenvalue weighted by Gasteiger charge is 2.68. The molecule has 1 spiro atoms. The molecule has 2 aliphatic heterocycles. The van der Waals surface area contributed by atoms with Gasteiger partial charge in [-0.2, -0.15) is 0 Å². The molecule has 1 aromatic heterocycles. The zero-order valence-corrected chi connectivity index (χ0v) is 25.6. The van der Waals surface area contributed by atoms with Gasteiger partial charge >= 0.3 is 0 Å². The zero-order chi connectivity index (χ0) is 29.2. The lowest BCUT2D eigenvalue weighted by Gasteiger charge is -2.59. The smallest absolute Gasteiger partial charge is 0.193 e. The summed E-state index contributed by atoms with van der Waals surface area (Å²) in [6, 6.07) is 8.62. The Labute approximate surface area is 243 Å². The second-order valence-electron chi connectivity index (χ2n) is 12.9. The van der Waals surface area contributed by atoms with Gasteiger partial charge in [-0.15, -0.1) is 4.48 Å². The molecule has 0 radical (unpaired) electrons. The first-order valence-corrected chi connectivity index (χ1v) is 15.5. The van der Waals surface area contributed by atoms with Crippen LogP contribution in [0.15, 0.2) is 40.9 Å². The van der Waals surface area contributed by atoms with Crippen LogP contribution >= 0.6 is 0 Å². The number of hydrogen-bond donors (Lipinski definition) is 1. The van der Waals surface area contributed by atoms with E-state index >= 15 is 0 Å². The fourth-order valence-electron chi connectivity index (χ4n) is 8.79. The van der Waals surface area contributed by atoms with E-state index in [1.165, 1.54) is 22.2 Å². The number of aromatic amines is 1. The molecule has 3 fully saturated rings. The maximum Gasteiger partial charge on any atom is 0.193 e. The number of nitrogens with one attached hydrogen (secondary N) is 1. The fourth-order valence-corrected chi connectivity index (χ4v) is 8.79. The number of nitrogens with zero attached hydrogens (tertiary/aromatic N) is 2. The minimum atomic E-state index is -0.795. The summed E-state index contributed by atoms with van der Waals surface area (Å²) in [5.74, 6) is -0.0540. The number of para-hydroxylation sites is 1. The summed E-state index contributed by atoms with van der Waals surface area (Å²) in [7, 11) is 1.82. The van der Waals surface area contributed by atoms with E-state index in [0.29, 0.717) is 23.7 Å². The SMILES string of the molecule is CC.CCCON(F)CO[C@H]1CC2Cc3c([nH]c4ccccc34)C2C2(C)CCC34OC(C(=NC)C=C3C12)C(C)(C)O4. The van der Waals surface area contributed by atoms with Crippen molar-refractivity contribution in [1.82, 2.24) is 10.3 Å². The number of aliphatic imine (C=N–C) groups is 1. The molecule has 2 aromatic rings. The number of hydroxylamine groups is 1. The van der Waals surface area contributed by atoms with Gasteiger partial charge in [-0.05, 0) is 74.1 Å². The van der Waals surface area contributed by atoms with Crippen LogP contribution in [-0.4, -0.2) is 60.0 Å². The average Bonchev–Trinajstić information content (AvgIpc) is 3.57. The molecule has 6 unspecified atom stereocenters. The summed E-state index contributed by atoms with van der Waals surface area (Å²) in [6.07, 6.45) is 6.10. The van der Waals surface area contributed by atoms with Crippen molar-refractivity contribution < 1.29 is 23.5 Å². The van der Waals surface area contributed by atoms with Crippen LogP contribution in [0.25, 0.3) is 10.9 Å². The van der Waals surface area contributed by atoms with Gasteiger partial charge < -0.3 is 19.2 Å². The molecule has 2 bridgehead atoms. The van der Waals surface area contributed by atoms with Gasteiger partial charge in [-0.1, -0.05) is 45.9 Å². The minimum Gasteiger partial charge on any atom is -0.358 e. The molecule has 0 amide bonds. The van der Waals surface area contributed by atoms with Crippen molar-refractivity contribution in [3.8, 4) is 0 Å². The summed E-state index contributed by atoms with van der Waals surface area (Å²) in [5.41, 5.74) is 5.40. The normalized spacial score (nSPS) is 37.2. The maximum absolute atomic E-state index is 14.6. The third-order valence-corrected chi connectivity index (χ3v) is 10.2. The van der Waals surface area contributed by atoms with Crippen LogP contribution < -0.4 is 0 Å². The summed E-state index contributed by atoms with van der Waals surface area (Å²) < 4.78 is 34.6. The van der Waals surface area contributed by atoms with Crippen molar-refractivity contribution in [2.75, 3.05) is 20.4 Å². The summed E-state index contributed by atoms with van der Waals surface area (Å²) >= 11 is 0. The number of benzene rings is 1. The molecule has 1 aromatic carbocycles. The van der Waals surface area contributed by atoms with Crippen LogP contribution in [0, 0.1) is 17.3 Å². The first-order chi connectivity index (χ1) is 19.7. The predicted octanol–water partition coefficient (Wildman–Crippen LogP) is 7.04. The Balaban J connectivity index is 0.00000148. The van der Waals surface area contributed by atoms with Crippen molar-refractivity contribution >= 4 is 16.6 Å². The van der Waals surface area contributed by atoms with E-state index in [0.717, 1.165) is 43.4 Å². The third-order valence-electron chi connectivity index (χ3n) is 10.2. The fraction of sp³-hybridized carbons (Fsp3) is 0.667. The lowest BCUT2D eigenvalue weighted by Crippen LogP contribution is -2.59. The van der Waals surface area contributed by atoms with Gasteiger partial charge in [0.05, 0.1) is 24.0 Å². The van der Waals surface area contributed by atoms with Crippen LogP contribution in [0.3, 0.4) is 0 Å². The van der Waals surface area contributed by atoms with E-state index in [1.807, 2.05) is 27.8 Å². The standard InChI is InChI=1S/C31H40FN3O4.C2H6/c1-6-13-37-35(32)17-36-24-15-18-14-20-19-9-7-8-10-22(19)34-27(20)25(18)30(4)11-12-31-21(26(24)30)16-23(33-5)28(38-31)29(2,3)39-31;1-2/h7-10,16,18,24-26,28,34H,6,11-15,17H2,1-5H3;1-2H3/t18?,24-,25?,26?,28?,30?,31?;/m0./s1. The van der Waals surface area contributed by atoms with Crippen molar-refractivity contribution in [2.45, 2.75) is 103 Å². The van der Waals surface area contributed by atoms with E-state index in [4.69, 9.17) is 19.0 Å². The highest BCUT2D eigenvalue weighted by atomic mass is 19.2. The minimum absolute atomic E-state index is 0.0176. The molecule has 224 valence electrons. The first-order valence-electron chi connectivity index (χ1n) is 15.5. The average molecular weight is 568 g/mol. The number of halogens is 1. The van der Waals surface area contributed by atoms with Crippen LogP contribution in [0.1, 0.15) is 84.4 Å². The number of rotatable bonds is 6. The van der Waals surface area contributed by atoms with Gasteiger partial charge in [0.1, 0.15) is 6.10 Å². The summed E-state index contributed by atoms with van der Waals surface area (Å²) in [6.45, 7) is 12.6. The molecule has 3 aliphatic carbocycles. The van der Waals surface area contributed by atoms with Gasteiger partial charge in [-0.3, -0.25) is 9.83 Å². The number of aromatic nitrogens is 1. The molecular formula is C33H46FN3O4. The van der Waals surface area contributed by atoms with Crippen LogP contribution in [0.4, 0.5) is 4.48 Å². The Bertz CT molecular complexity index is 1350. The monoisotopic (exact) mass is 567 g/mol. The summed E-state index contributed by atoms with van der Waals surface area (Å²) in [4.78, 5) is 13.6. The van der Waals surface area contributed by atoms with Gasteiger partial charge in [0.15, 0.2) is 12.5 Å². The highest BCUT2D eigenvalue weighted by Crippen LogP contribution is 2.68. The second-order valence-corrected chi connectivity index (χ2v) is 12.9. The van der Waals surface area contributed by atoms with Gasteiger partial charge in [0, 0.05) is 47.2 Å². The van der Waals surface area contributed by atoms with Crippen LogP contribution in [0.2, 0.25) is 0 Å². The number of hydrogen-bond acceptors (Lipinski definition) is 6. The van der Waals surface area contributed by atoms with Gasteiger partial charge in [0.2, 0.25) is 0 Å². The Kier molecular flexibility index (Phi) is 7.47. The van der Waals surface area contributed by atoms with Gasteiger partial charge in [-0.25, -0.2) is 0 Å². The van der Waals surface area contributed by atoms with Gasteiger partial charge in [0.25, 0.3) is 0 Å². The number of fused-ring (bicyclic) bond motifs is 9. The quantitative estimate of drug-likeness (QED) is 0.230. The van der Waals surface area contributed by atoms with E-state index in [1.54, 1.807) is 0 Å². The Hall–Kier alpha value is -2.10. The molecule has 41 heavy (non-hydrogen) atoms. The molecule has 3 heterocycles. The number of ether oxygens (including phenoxy) is 3. The van der Waals surface area contributed by atoms with Crippen LogP contribution in [-0.2, 0) is 25.5 Å². The Morgan fingerprint density at radius 1 is 1.15 bits per heavy atom. The third kappa shape index (κ3) is 4.36. The zero-order valence-electron chi connectivity index (χ0n) is 25.6. The first kappa shape index (κ1) is 29.0. The molecule has 8 heteroatoms. The van der Waals surface area contributed by atoms with E-state index < -0.39 is 11.4 Å². The van der Waals surface area contributed by atoms with Crippen molar-refractivity contribution in [2.24, 2.45) is 22.2 Å². The highest BCUT2D eigenvalue weighted by molar-refractivity contribution is 6.01. The molecule has 7 atom stereocenters. The topological polar surface area (TPSA) is 68.3 Å². The van der Waals surface area contributed by atoms with Crippen LogP contribution in [0.5, 0.6) is 0 Å². The van der Waals surface area contributed by atoms with E-state index in [-0.39, 0.29) is 30.3 Å². The largest absolute Gasteiger partial charge is 0.358 e. The van der Waals surface area contributed by atoms with E-state index in [2.05, 4.69) is 61.1 Å². The summed E-state index contributed by atoms with van der Waals surface area (Å²) in [5, 5.41) is 1.66. The van der Waals surface area contributed by atoms with Crippen molar-refractivity contribution in [1.29, 1.82) is 0 Å². The number of H-pyrrole nitrogens is 1. The molecular weight excluding hydrogens is 521 g/mol. The maximum atomic E-state index is 14.6.